The summed E-state index contributed by atoms with van der Waals surface area (Å²) >= 11 is 0. The lowest BCUT2D eigenvalue weighted by Gasteiger charge is -2.17. The molecule has 3 amide bonds. The van der Waals surface area contributed by atoms with E-state index in [2.05, 4.69) is 5.32 Å². The Kier molecular flexibility index (Phi) is 4.92. The van der Waals surface area contributed by atoms with Crippen LogP contribution >= 0.6 is 0 Å². The van der Waals surface area contributed by atoms with Crippen molar-refractivity contribution in [3.05, 3.63) is 34.9 Å². The molecule has 0 spiro atoms. The Balaban J connectivity index is 1.74. The first kappa shape index (κ1) is 16.6. The van der Waals surface area contributed by atoms with Gasteiger partial charge in [0.1, 0.15) is 0 Å². The van der Waals surface area contributed by atoms with Crippen molar-refractivity contribution in [1.29, 1.82) is 0 Å². The number of fused-ring (bicyclic) bond motifs is 1. The molecule has 0 saturated carbocycles. The Morgan fingerprint density at radius 1 is 1.33 bits per heavy atom. The predicted molar refractivity (Wildman–Crippen MR) is 85.0 cm³/mol. The topological polar surface area (TPSA) is 84.9 Å². The van der Waals surface area contributed by atoms with Gasteiger partial charge in [0.05, 0.1) is 30.4 Å². The summed E-state index contributed by atoms with van der Waals surface area (Å²) < 4.78 is 10.4. The molecule has 1 fully saturated rings. The van der Waals surface area contributed by atoms with Crippen molar-refractivity contribution in [3.63, 3.8) is 0 Å². The summed E-state index contributed by atoms with van der Waals surface area (Å²) in [7, 11) is 1.55. The standard InChI is InChI=1S/C17H20N2O5/c1-23-8-6-18-15(20)11-4-5-13-14(9-11)17(22)19(16(13)21)10-12-3-2-7-24-12/h4-5,9,12H,2-3,6-8,10H2,1H3,(H,18,20)/t12-/m1/s1. The van der Waals surface area contributed by atoms with E-state index in [4.69, 9.17) is 9.47 Å². The molecule has 1 saturated heterocycles. The molecule has 0 radical (unpaired) electrons. The van der Waals surface area contributed by atoms with Crippen molar-refractivity contribution in [3.8, 4) is 0 Å². The van der Waals surface area contributed by atoms with E-state index in [9.17, 15) is 14.4 Å². The average molecular weight is 332 g/mol. The van der Waals surface area contributed by atoms with E-state index in [1.807, 2.05) is 0 Å². The summed E-state index contributed by atoms with van der Waals surface area (Å²) in [5.74, 6) is -0.985. The minimum atomic E-state index is -0.364. The van der Waals surface area contributed by atoms with Crippen molar-refractivity contribution >= 4 is 17.7 Å². The number of carbonyl (C=O) groups excluding carboxylic acids is 3. The highest BCUT2D eigenvalue weighted by Crippen LogP contribution is 2.26. The highest BCUT2D eigenvalue weighted by atomic mass is 16.5. The van der Waals surface area contributed by atoms with Crippen LogP contribution in [-0.2, 0) is 9.47 Å². The number of amides is 3. The van der Waals surface area contributed by atoms with E-state index in [1.165, 1.54) is 17.0 Å². The fourth-order valence-electron chi connectivity index (χ4n) is 2.96. The van der Waals surface area contributed by atoms with E-state index < -0.39 is 0 Å². The Morgan fingerprint density at radius 2 is 2.12 bits per heavy atom. The minimum Gasteiger partial charge on any atom is -0.383 e. The molecule has 0 bridgehead atoms. The van der Waals surface area contributed by atoms with Crippen LogP contribution in [0.2, 0.25) is 0 Å². The Hall–Kier alpha value is -2.25. The van der Waals surface area contributed by atoms with E-state index in [-0.39, 0.29) is 35.9 Å². The Bertz CT molecular complexity index is 667. The van der Waals surface area contributed by atoms with Crippen LogP contribution < -0.4 is 5.32 Å². The minimum absolute atomic E-state index is 0.0935. The first-order chi connectivity index (χ1) is 11.6. The van der Waals surface area contributed by atoms with Gasteiger partial charge < -0.3 is 14.8 Å². The molecule has 1 aromatic carbocycles. The van der Waals surface area contributed by atoms with Crippen LogP contribution in [0.5, 0.6) is 0 Å². The van der Waals surface area contributed by atoms with Gasteiger partial charge in [-0.05, 0) is 31.0 Å². The highest BCUT2D eigenvalue weighted by molar-refractivity contribution is 6.22. The SMILES string of the molecule is COCCNC(=O)c1ccc2c(c1)C(=O)N(C[C@H]1CCCO1)C2=O. The van der Waals surface area contributed by atoms with Crippen LogP contribution in [0.25, 0.3) is 0 Å². The second-order valence-corrected chi connectivity index (χ2v) is 5.87. The van der Waals surface area contributed by atoms with Crippen LogP contribution in [0, 0.1) is 0 Å². The molecule has 1 atom stereocenters. The van der Waals surface area contributed by atoms with Gasteiger partial charge >= 0.3 is 0 Å². The lowest BCUT2D eigenvalue weighted by atomic mass is 10.1. The second kappa shape index (κ2) is 7.11. The molecule has 7 heteroatoms. The average Bonchev–Trinajstić information content (AvgIpc) is 3.18. The van der Waals surface area contributed by atoms with Crippen molar-refractivity contribution in [2.45, 2.75) is 18.9 Å². The number of nitrogens with zero attached hydrogens (tertiary/aromatic N) is 1. The number of methoxy groups -OCH3 is 1. The van der Waals surface area contributed by atoms with E-state index in [0.717, 1.165) is 12.8 Å². The largest absolute Gasteiger partial charge is 0.383 e. The number of imide groups is 1. The molecule has 1 aromatic rings. The highest BCUT2D eigenvalue weighted by Gasteiger charge is 2.37. The second-order valence-electron chi connectivity index (χ2n) is 5.87. The monoisotopic (exact) mass is 332 g/mol. The predicted octanol–water partition coefficient (Wildman–Crippen LogP) is 0.838. The number of carbonyl (C=O) groups is 3. The molecule has 1 N–H and O–H groups in total. The number of benzene rings is 1. The molecule has 7 nitrogen and oxygen atoms in total. The fourth-order valence-corrected chi connectivity index (χ4v) is 2.96. The summed E-state index contributed by atoms with van der Waals surface area (Å²) in [5.41, 5.74) is 0.966. The van der Waals surface area contributed by atoms with Crippen molar-refractivity contribution < 1.29 is 23.9 Å². The third-order valence-electron chi connectivity index (χ3n) is 4.23. The van der Waals surface area contributed by atoms with Crippen LogP contribution in [0.4, 0.5) is 0 Å². The van der Waals surface area contributed by atoms with Gasteiger partial charge in [-0.1, -0.05) is 0 Å². The summed E-state index contributed by atoms with van der Waals surface area (Å²) in [4.78, 5) is 38.2. The van der Waals surface area contributed by atoms with Gasteiger partial charge in [-0.3, -0.25) is 19.3 Å². The van der Waals surface area contributed by atoms with E-state index in [1.54, 1.807) is 13.2 Å². The molecule has 24 heavy (non-hydrogen) atoms. The van der Waals surface area contributed by atoms with Crippen molar-refractivity contribution in [2.75, 3.05) is 33.4 Å². The molecule has 0 aliphatic carbocycles. The van der Waals surface area contributed by atoms with Gasteiger partial charge in [0, 0.05) is 25.8 Å². The molecule has 2 aliphatic heterocycles. The maximum atomic E-state index is 12.5. The van der Waals surface area contributed by atoms with Gasteiger partial charge in [0.25, 0.3) is 17.7 Å². The molecule has 128 valence electrons. The zero-order valence-electron chi connectivity index (χ0n) is 13.5. The maximum Gasteiger partial charge on any atom is 0.261 e. The molecule has 2 aliphatic rings. The first-order valence-corrected chi connectivity index (χ1v) is 8.01. The van der Waals surface area contributed by atoms with Crippen molar-refractivity contribution in [1.82, 2.24) is 10.2 Å². The molecule has 0 aromatic heterocycles. The normalized spacial score (nSPS) is 19.7. The third kappa shape index (κ3) is 3.18. The zero-order chi connectivity index (χ0) is 17.1. The van der Waals surface area contributed by atoms with Crippen molar-refractivity contribution in [2.24, 2.45) is 0 Å². The first-order valence-electron chi connectivity index (χ1n) is 8.01. The van der Waals surface area contributed by atoms with Gasteiger partial charge in [0.2, 0.25) is 0 Å². The van der Waals surface area contributed by atoms with Crippen LogP contribution in [-0.4, -0.2) is 62.1 Å². The van der Waals surface area contributed by atoms with Crippen LogP contribution in [0.3, 0.4) is 0 Å². The number of ether oxygens (including phenoxy) is 2. The number of hydrogen-bond donors (Lipinski definition) is 1. The zero-order valence-corrected chi connectivity index (χ0v) is 13.5. The Morgan fingerprint density at radius 3 is 2.83 bits per heavy atom. The smallest absolute Gasteiger partial charge is 0.261 e. The quantitative estimate of drug-likeness (QED) is 0.616. The van der Waals surface area contributed by atoms with Gasteiger partial charge in [0.15, 0.2) is 0 Å². The van der Waals surface area contributed by atoms with Crippen LogP contribution in [0.1, 0.15) is 43.9 Å². The summed E-state index contributed by atoms with van der Waals surface area (Å²) in [6.07, 6.45) is 1.70. The molecule has 0 unspecified atom stereocenters. The van der Waals surface area contributed by atoms with E-state index >= 15 is 0 Å². The number of nitrogens with one attached hydrogen (secondary N) is 1. The lowest BCUT2D eigenvalue weighted by Crippen LogP contribution is -2.36. The molecular weight excluding hydrogens is 312 g/mol. The summed E-state index contributed by atoms with van der Waals surface area (Å²) in [6, 6.07) is 4.57. The van der Waals surface area contributed by atoms with Gasteiger partial charge in [-0.2, -0.15) is 0 Å². The fraction of sp³-hybridized carbons (Fsp3) is 0.471. The maximum absolute atomic E-state index is 12.5. The lowest BCUT2D eigenvalue weighted by molar-refractivity contribution is 0.0475. The molecule has 2 heterocycles. The molecule has 3 rings (SSSR count). The van der Waals surface area contributed by atoms with Gasteiger partial charge in [-0.15, -0.1) is 0 Å². The third-order valence-corrected chi connectivity index (χ3v) is 4.23. The summed E-state index contributed by atoms with van der Waals surface area (Å²) in [6.45, 7) is 1.72. The Labute approximate surface area is 139 Å². The van der Waals surface area contributed by atoms with Gasteiger partial charge in [-0.25, -0.2) is 0 Å². The molecular formula is C17H20N2O5. The number of rotatable bonds is 6. The van der Waals surface area contributed by atoms with E-state index in [0.29, 0.717) is 30.9 Å². The number of hydrogen-bond acceptors (Lipinski definition) is 5. The van der Waals surface area contributed by atoms with Crippen LogP contribution in [0.15, 0.2) is 18.2 Å². The summed E-state index contributed by atoms with van der Waals surface area (Å²) in [5, 5.41) is 2.69.